The number of carbonyl (C=O) groups excluding carboxylic acids is 1. The molecule has 0 aliphatic rings. The van der Waals surface area contributed by atoms with Crippen LogP contribution in [-0.2, 0) is 11.3 Å². The first-order valence-electron chi connectivity index (χ1n) is 7.48. The van der Waals surface area contributed by atoms with Crippen molar-refractivity contribution in [2.75, 3.05) is 19.6 Å². The second kappa shape index (κ2) is 10.1. The van der Waals surface area contributed by atoms with Crippen LogP contribution in [0.3, 0.4) is 0 Å². The average Bonchev–Trinajstić information content (AvgIpc) is 2.49. The van der Waals surface area contributed by atoms with Crippen molar-refractivity contribution in [3.63, 3.8) is 0 Å². The number of thiol groups is 1. The molecule has 1 aromatic carbocycles. The van der Waals surface area contributed by atoms with Crippen LogP contribution in [0.4, 0.5) is 0 Å². The van der Waals surface area contributed by atoms with Crippen LogP contribution in [0.25, 0.3) is 0 Å². The maximum Gasteiger partial charge on any atom is 0.222 e. The lowest BCUT2D eigenvalue weighted by atomic mass is 10.2. The monoisotopic (exact) mass is 358 g/mol. The van der Waals surface area contributed by atoms with Gasteiger partial charge in [0.1, 0.15) is 4.32 Å². The van der Waals surface area contributed by atoms with Gasteiger partial charge >= 0.3 is 0 Å². The maximum atomic E-state index is 12.0. The molecule has 0 N–H and O–H groups in total. The molecule has 22 heavy (non-hydrogen) atoms. The van der Waals surface area contributed by atoms with Crippen molar-refractivity contribution in [3.05, 3.63) is 34.9 Å². The van der Waals surface area contributed by atoms with Crippen LogP contribution >= 0.6 is 36.4 Å². The molecular weight excluding hydrogens is 336 g/mol. The van der Waals surface area contributed by atoms with Crippen molar-refractivity contribution in [1.82, 2.24) is 9.80 Å². The van der Waals surface area contributed by atoms with Gasteiger partial charge in [-0.15, -0.1) is 12.6 Å². The number of halogens is 1. The lowest BCUT2D eigenvalue weighted by Crippen LogP contribution is -2.32. The van der Waals surface area contributed by atoms with Crippen LogP contribution < -0.4 is 0 Å². The zero-order valence-corrected chi connectivity index (χ0v) is 15.6. The molecule has 0 saturated heterocycles. The summed E-state index contributed by atoms with van der Waals surface area (Å²) in [6, 6.07) is 7.67. The van der Waals surface area contributed by atoms with Gasteiger partial charge in [0.15, 0.2) is 0 Å². The smallest absolute Gasteiger partial charge is 0.222 e. The largest absolute Gasteiger partial charge is 0.353 e. The van der Waals surface area contributed by atoms with E-state index in [9.17, 15) is 4.79 Å². The zero-order valence-electron chi connectivity index (χ0n) is 13.1. The number of hydrogen-bond acceptors (Lipinski definition) is 2. The van der Waals surface area contributed by atoms with Crippen molar-refractivity contribution in [1.29, 1.82) is 0 Å². The highest BCUT2D eigenvalue weighted by Gasteiger charge is 2.12. The van der Waals surface area contributed by atoms with E-state index in [1.165, 1.54) is 0 Å². The van der Waals surface area contributed by atoms with Crippen molar-refractivity contribution in [3.8, 4) is 0 Å². The summed E-state index contributed by atoms with van der Waals surface area (Å²) in [5.74, 6) is 0.196. The Labute approximate surface area is 149 Å². The third-order valence-electron chi connectivity index (χ3n) is 3.49. The van der Waals surface area contributed by atoms with E-state index in [0.29, 0.717) is 22.3 Å². The van der Waals surface area contributed by atoms with E-state index in [-0.39, 0.29) is 5.91 Å². The van der Waals surface area contributed by atoms with E-state index < -0.39 is 0 Å². The highest BCUT2D eigenvalue weighted by Crippen LogP contribution is 2.13. The van der Waals surface area contributed by atoms with E-state index in [0.717, 1.165) is 31.6 Å². The Morgan fingerprint density at radius 3 is 2.27 bits per heavy atom. The van der Waals surface area contributed by atoms with Gasteiger partial charge in [-0.2, -0.15) is 0 Å². The number of carbonyl (C=O) groups is 1. The van der Waals surface area contributed by atoms with Crippen molar-refractivity contribution >= 4 is 46.7 Å². The van der Waals surface area contributed by atoms with Gasteiger partial charge in [-0.25, -0.2) is 0 Å². The molecule has 6 heteroatoms. The highest BCUT2D eigenvalue weighted by atomic mass is 35.5. The minimum absolute atomic E-state index is 0.196. The molecule has 0 unspecified atom stereocenters. The lowest BCUT2D eigenvalue weighted by molar-refractivity contribution is -0.130. The summed E-state index contributed by atoms with van der Waals surface area (Å²) in [7, 11) is 0. The van der Waals surface area contributed by atoms with Crippen LogP contribution in [0.5, 0.6) is 0 Å². The molecule has 3 nitrogen and oxygen atoms in total. The summed E-state index contributed by atoms with van der Waals surface area (Å²) < 4.78 is 0.547. The molecule has 0 fully saturated rings. The predicted octanol–water partition coefficient (Wildman–Crippen LogP) is 4.01. The van der Waals surface area contributed by atoms with Crippen LogP contribution in [0, 0.1) is 0 Å². The number of thiocarbonyl (C=S) groups is 1. The summed E-state index contributed by atoms with van der Waals surface area (Å²) in [5.41, 5.74) is 1.12. The molecular formula is C16H23ClN2OS2. The molecule has 0 heterocycles. The minimum Gasteiger partial charge on any atom is -0.353 e. The summed E-state index contributed by atoms with van der Waals surface area (Å²) >= 11 is 15.4. The summed E-state index contributed by atoms with van der Waals surface area (Å²) in [6.45, 7) is 6.91. The number of benzene rings is 1. The molecule has 0 atom stereocenters. The van der Waals surface area contributed by atoms with Crippen LogP contribution in [0.1, 0.15) is 32.3 Å². The van der Waals surface area contributed by atoms with Crippen molar-refractivity contribution in [2.45, 2.75) is 33.2 Å². The molecule has 1 rings (SSSR count). The van der Waals surface area contributed by atoms with Gasteiger partial charge in [0.05, 0.1) is 0 Å². The second-order valence-corrected chi connectivity index (χ2v) is 6.55. The molecule has 0 aromatic heterocycles. The van der Waals surface area contributed by atoms with Gasteiger partial charge in [0, 0.05) is 37.6 Å². The van der Waals surface area contributed by atoms with E-state index in [1.54, 1.807) is 0 Å². The van der Waals surface area contributed by atoms with Gasteiger partial charge in [0.2, 0.25) is 5.91 Å². The quantitative estimate of drug-likeness (QED) is 0.561. The van der Waals surface area contributed by atoms with Gasteiger partial charge < -0.3 is 9.80 Å². The SMILES string of the molecule is CCN(CC)C(=O)CCCN(Cc1ccc(Cl)cc1)C(=S)S. The number of nitrogens with zero attached hydrogens (tertiary/aromatic N) is 2. The fourth-order valence-electron chi connectivity index (χ4n) is 2.21. The maximum absolute atomic E-state index is 12.0. The molecule has 0 radical (unpaired) electrons. The van der Waals surface area contributed by atoms with Gasteiger partial charge in [-0.05, 0) is 38.0 Å². The number of rotatable bonds is 8. The normalized spacial score (nSPS) is 10.4. The van der Waals surface area contributed by atoms with Crippen molar-refractivity contribution in [2.24, 2.45) is 0 Å². The molecule has 1 amide bonds. The molecule has 0 saturated carbocycles. The van der Waals surface area contributed by atoms with Gasteiger partial charge in [-0.1, -0.05) is 36.0 Å². The molecule has 0 aliphatic heterocycles. The summed E-state index contributed by atoms with van der Waals surface area (Å²) in [4.78, 5) is 15.8. The summed E-state index contributed by atoms with van der Waals surface area (Å²) in [5, 5.41) is 0.716. The third-order valence-corrected chi connectivity index (χ3v) is 4.29. The third kappa shape index (κ3) is 6.55. The zero-order chi connectivity index (χ0) is 16.5. The Morgan fingerprint density at radius 2 is 1.77 bits per heavy atom. The fourth-order valence-corrected chi connectivity index (χ4v) is 2.66. The summed E-state index contributed by atoms with van der Waals surface area (Å²) in [6.07, 6.45) is 1.30. The Balaban J connectivity index is 2.50. The minimum atomic E-state index is 0.196. The van der Waals surface area contributed by atoms with E-state index >= 15 is 0 Å². The first-order chi connectivity index (χ1) is 10.5. The van der Waals surface area contributed by atoms with E-state index in [1.807, 2.05) is 47.9 Å². The van der Waals surface area contributed by atoms with E-state index in [4.69, 9.17) is 23.8 Å². The second-order valence-electron chi connectivity index (χ2n) is 5.00. The van der Waals surface area contributed by atoms with Crippen LogP contribution in [0.2, 0.25) is 5.02 Å². The standard InChI is InChI=1S/C16H23ClN2OS2/c1-3-18(4-2)15(20)6-5-11-19(16(21)22)12-13-7-9-14(17)10-8-13/h7-10H,3-6,11-12H2,1-2H3,(H,21,22). The number of amides is 1. The Morgan fingerprint density at radius 1 is 1.18 bits per heavy atom. The Bertz CT molecular complexity index is 489. The lowest BCUT2D eigenvalue weighted by Gasteiger charge is -2.24. The number of hydrogen-bond donors (Lipinski definition) is 1. The van der Waals surface area contributed by atoms with Crippen LogP contribution in [0.15, 0.2) is 24.3 Å². The molecule has 0 spiro atoms. The van der Waals surface area contributed by atoms with Crippen molar-refractivity contribution < 1.29 is 4.79 Å². The first kappa shape index (κ1) is 19.3. The Kier molecular flexibility index (Phi) is 8.83. The fraction of sp³-hybridized carbons (Fsp3) is 0.500. The predicted molar refractivity (Wildman–Crippen MR) is 101 cm³/mol. The first-order valence-corrected chi connectivity index (χ1v) is 8.71. The molecule has 0 aliphatic carbocycles. The topological polar surface area (TPSA) is 23.6 Å². The van der Waals surface area contributed by atoms with Crippen LogP contribution in [-0.4, -0.2) is 39.7 Å². The molecule has 122 valence electrons. The highest BCUT2D eigenvalue weighted by molar-refractivity contribution is 8.10. The Hall–Kier alpha value is -0.780. The van der Waals surface area contributed by atoms with Gasteiger partial charge in [0.25, 0.3) is 0 Å². The average molecular weight is 359 g/mol. The van der Waals surface area contributed by atoms with E-state index in [2.05, 4.69) is 12.6 Å². The van der Waals surface area contributed by atoms with Gasteiger partial charge in [-0.3, -0.25) is 4.79 Å². The molecule has 1 aromatic rings. The molecule has 0 bridgehead atoms.